The van der Waals surface area contributed by atoms with Crippen LogP contribution in [0.2, 0.25) is 0 Å². The number of halogens is 1. The second-order valence-electron chi connectivity index (χ2n) is 6.36. The molecule has 1 aliphatic heterocycles. The van der Waals surface area contributed by atoms with Gasteiger partial charge in [-0.25, -0.2) is 15.0 Å². The lowest BCUT2D eigenvalue weighted by atomic mass is 10.2. The quantitative estimate of drug-likeness (QED) is 0.318. The molecule has 0 amide bonds. The highest BCUT2D eigenvalue weighted by Gasteiger charge is 2.20. The van der Waals surface area contributed by atoms with E-state index in [-0.39, 0.29) is 24.0 Å². The van der Waals surface area contributed by atoms with E-state index in [4.69, 9.17) is 10.7 Å². The Morgan fingerprint density at radius 3 is 2.61 bits per heavy atom. The molecule has 1 aromatic carbocycles. The minimum atomic E-state index is 0. The van der Waals surface area contributed by atoms with Crippen LogP contribution < -0.4 is 10.6 Å². The van der Waals surface area contributed by atoms with E-state index >= 15 is 0 Å². The van der Waals surface area contributed by atoms with E-state index in [0.29, 0.717) is 12.5 Å². The molecule has 1 fully saturated rings. The monoisotopic (exact) mass is 526 g/mol. The molecule has 3 aromatic rings. The predicted molar refractivity (Wildman–Crippen MR) is 129 cm³/mol. The fraction of sp³-hybridized carbons (Fsp3) is 0.316. The number of hydrogen-bond donors (Lipinski definition) is 1. The van der Waals surface area contributed by atoms with Crippen molar-refractivity contribution in [2.24, 2.45) is 10.7 Å². The first-order chi connectivity index (χ1) is 13.2. The largest absolute Gasteiger partial charge is 0.370 e. The smallest absolute Gasteiger partial charge is 0.191 e. The molecule has 9 heteroatoms. The third-order valence-corrected chi connectivity index (χ3v) is 6.62. The molecule has 148 valence electrons. The van der Waals surface area contributed by atoms with E-state index in [0.717, 1.165) is 47.6 Å². The van der Waals surface area contributed by atoms with Gasteiger partial charge in [0.1, 0.15) is 5.01 Å². The van der Waals surface area contributed by atoms with Crippen LogP contribution in [0, 0.1) is 6.92 Å². The number of thiazole rings is 2. The summed E-state index contributed by atoms with van der Waals surface area (Å²) in [6.07, 6.45) is 1.85. The van der Waals surface area contributed by atoms with E-state index in [1.807, 2.05) is 36.7 Å². The van der Waals surface area contributed by atoms with E-state index < -0.39 is 0 Å². The summed E-state index contributed by atoms with van der Waals surface area (Å²) in [5, 5.41) is 4.13. The van der Waals surface area contributed by atoms with Crippen molar-refractivity contribution in [3.63, 3.8) is 0 Å². The molecule has 4 rings (SSSR count). The standard InChI is InChI=1S/C19H22N6S2.HI/c1-14-16(27-17(23-14)15-5-3-2-4-6-15)13-22-18(20)24-8-10-25(11-9-24)19-21-7-12-26-19;/h2-7,12H,8-11,13H2,1H3,(H2,20,22);1H. The molecule has 0 saturated carbocycles. The van der Waals surface area contributed by atoms with Gasteiger partial charge in [0, 0.05) is 48.2 Å². The van der Waals surface area contributed by atoms with Crippen molar-refractivity contribution < 1.29 is 0 Å². The first kappa shape index (κ1) is 21.0. The summed E-state index contributed by atoms with van der Waals surface area (Å²) in [7, 11) is 0. The normalized spacial score (nSPS) is 14.8. The van der Waals surface area contributed by atoms with Crippen LogP contribution in [-0.4, -0.2) is 47.0 Å². The van der Waals surface area contributed by atoms with Crippen LogP contribution in [0.3, 0.4) is 0 Å². The third-order valence-electron chi connectivity index (χ3n) is 4.59. The Balaban J connectivity index is 0.00000225. The van der Waals surface area contributed by atoms with Gasteiger partial charge in [-0.15, -0.1) is 46.7 Å². The average molecular weight is 526 g/mol. The Morgan fingerprint density at radius 1 is 1.18 bits per heavy atom. The number of aromatic nitrogens is 2. The Hall–Kier alpha value is -1.72. The zero-order valence-electron chi connectivity index (χ0n) is 15.6. The highest BCUT2D eigenvalue weighted by atomic mass is 127. The Bertz CT molecular complexity index is 902. The molecule has 0 spiro atoms. The number of guanidine groups is 1. The summed E-state index contributed by atoms with van der Waals surface area (Å²) < 4.78 is 0. The number of benzene rings is 1. The topological polar surface area (TPSA) is 70.6 Å². The highest BCUT2D eigenvalue weighted by molar-refractivity contribution is 14.0. The molecule has 6 nitrogen and oxygen atoms in total. The van der Waals surface area contributed by atoms with Gasteiger partial charge in [0.15, 0.2) is 11.1 Å². The predicted octanol–water partition coefficient (Wildman–Crippen LogP) is 3.83. The van der Waals surface area contributed by atoms with Crippen LogP contribution in [0.1, 0.15) is 10.6 Å². The molecule has 0 bridgehead atoms. The van der Waals surface area contributed by atoms with Crippen LogP contribution in [0.25, 0.3) is 10.6 Å². The minimum absolute atomic E-state index is 0. The number of nitrogens with zero attached hydrogens (tertiary/aromatic N) is 5. The molecule has 0 unspecified atom stereocenters. The summed E-state index contributed by atoms with van der Waals surface area (Å²) in [4.78, 5) is 19.3. The number of hydrogen-bond acceptors (Lipinski definition) is 6. The van der Waals surface area contributed by atoms with Gasteiger partial charge in [-0.05, 0) is 6.92 Å². The van der Waals surface area contributed by atoms with Crippen molar-refractivity contribution in [1.82, 2.24) is 14.9 Å². The Morgan fingerprint density at radius 2 is 1.93 bits per heavy atom. The van der Waals surface area contributed by atoms with E-state index in [1.54, 1.807) is 22.7 Å². The molecular formula is C19H23IN6S2. The van der Waals surface area contributed by atoms with Gasteiger partial charge >= 0.3 is 0 Å². The first-order valence-corrected chi connectivity index (χ1v) is 10.6. The van der Waals surface area contributed by atoms with Gasteiger partial charge in [-0.2, -0.15) is 0 Å². The van der Waals surface area contributed by atoms with Gasteiger partial charge in [-0.3, -0.25) is 0 Å². The average Bonchev–Trinajstić information content (AvgIpc) is 3.37. The third kappa shape index (κ3) is 4.81. The zero-order valence-corrected chi connectivity index (χ0v) is 19.6. The lowest BCUT2D eigenvalue weighted by Crippen LogP contribution is -2.51. The summed E-state index contributed by atoms with van der Waals surface area (Å²) >= 11 is 3.37. The van der Waals surface area contributed by atoms with Crippen LogP contribution in [0.4, 0.5) is 5.13 Å². The molecule has 2 aromatic heterocycles. The zero-order chi connectivity index (χ0) is 18.6. The molecule has 2 N–H and O–H groups in total. The van der Waals surface area contributed by atoms with Crippen LogP contribution >= 0.6 is 46.7 Å². The second kappa shape index (κ2) is 9.66. The van der Waals surface area contributed by atoms with Crippen LogP contribution in [0.15, 0.2) is 46.9 Å². The van der Waals surface area contributed by atoms with Crippen molar-refractivity contribution in [1.29, 1.82) is 0 Å². The number of aryl methyl sites for hydroxylation is 1. The van der Waals surface area contributed by atoms with E-state index in [9.17, 15) is 0 Å². The maximum Gasteiger partial charge on any atom is 0.191 e. The van der Waals surface area contributed by atoms with Gasteiger partial charge in [0.05, 0.1) is 12.2 Å². The van der Waals surface area contributed by atoms with Gasteiger partial charge in [-0.1, -0.05) is 30.3 Å². The van der Waals surface area contributed by atoms with Crippen LogP contribution in [0.5, 0.6) is 0 Å². The summed E-state index contributed by atoms with van der Waals surface area (Å²) in [6, 6.07) is 10.3. The number of anilines is 1. The van der Waals surface area contributed by atoms with Crippen LogP contribution in [-0.2, 0) is 6.54 Å². The van der Waals surface area contributed by atoms with Crippen molar-refractivity contribution in [2.45, 2.75) is 13.5 Å². The number of piperazine rings is 1. The van der Waals surface area contributed by atoms with Crippen molar-refractivity contribution >= 4 is 57.7 Å². The maximum atomic E-state index is 6.26. The molecule has 0 aliphatic carbocycles. The van der Waals surface area contributed by atoms with Gasteiger partial charge in [0.25, 0.3) is 0 Å². The van der Waals surface area contributed by atoms with Gasteiger partial charge in [0.2, 0.25) is 0 Å². The molecule has 0 atom stereocenters. The maximum absolute atomic E-state index is 6.26. The minimum Gasteiger partial charge on any atom is -0.370 e. The summed E-state index contributed by atoms with van der Waals surface area (Å²) in [6.45, 7) is 6.19. The SMILES string of the molecule is Cc1nc(-c2ccccc2)sc1CN=C(N)N1CCN(c2nccs2)CC1.I. The van der Waals surface area contributed by atoms with E-state index in [1.165, 1.54) is 4.88 Å². The molecule has 3 heterocycles. The summed E-state index contributed by atoms with van der Waals surface area (Å²) in [5.74, 6) is 0.614. The van der Waals surface area contributed by atoms with Gasteiger partial charge < -0.3 is 15.5 Å². The fourth-order valence-corrected chi connectivity index (χ4v) is 4.72. The number of aliphatic imine (C=N–C) groups is 1. The number of nitrogens with two attached hydrogens (primary N) is 1. The molecule has 0 radical (unpaired) electrons. The Kier molecular flexibility index (Phi) is 7.24. The fourth-order valence-electron chi connectivity index (χ4n) is 3.03. The first-order valence-electron chi connectivity index (χ1n) is 8.92. The molecule has 1 aliphatic rings. The Labute approximate surface area is 190 Å². The van der Waals surface area contributed by atoms with E-state index in [2.05, 4.69) is 31.9 Å². The lowest BCUT2D eigenvalue weighted by molar-refractivity contribution is 0.380. The highest BCUT2D eigenvalue weighted by Crippen LogP contribution is 2.28. The van der Waals surface area contributed by atoms with Crippen molar-refractivity contribution in [3.05, 3.63) is 52.5 Å². The number of rotatable bonds is 4. The molecular weight excluding hydrogens is 503 g/mol. The van der Waals surface area contributed by atoms with Crippen molar-refractivity contribution in [2.75, 3.05) is 31.1 Å². The second-order valence-corrected chi connectivity index (χ2v) is 8.31. The molecule has 28 heavy (non-hydrogen) atoms. The molecule has 1 saturated heterocycles. The van der Waals surface area contributed by atoms with Crippen molar-refractivity contribution in [3.8, 4) is 10.6 Å². The summed E-state index contributed by atoms with van der Waals surface area (Å²) in [5.41, 5.74) is 8.43. The lowest BCUT2D eigenvalue weighted by Gasteiger charge is -2.35.